The lowest BCUT2D eigenvalue weighted by Gasteiger charge is -2.10. The van der Waals surface area contributed by atoms with E-state index in [9.17, 15) is 13.2 Å². The van der Waals surface area contributed by atoms with Crippen molar-refractivity contribution in [3.05, 3.63) is 29.3 Å². The predicted molar refractivity (Wildman–Crippen MR) is 85.5 cm³/mol. The lowest BCUT2D eigenvalue weighted by molar-refractivity contribution is 0.0943. The third kappa shape index (κ3) is 5.40. The monoisotopic (exact) mass is 328 g/mol. The Bertz CT molecular complexity index is 600. The molecule has 0 fully saturated rings. The molecule has 0 saturated heterocycles. The molecule has 124 valence electrons. The molecule has 1 rings (SSSR count). The van der Waals surface area contributed by atoms with Gasteiger partial charge < -0.3 is 10.1 Å². The SMILES string of the molecule is CCNS(=O)(=O)c1ccc(C)c(C(=O)NCCCOCC)c1. The Labute approximate surface area is 132 Å². The van der Waals surface area contributed by atoms with Crippen molar-refractivity contribution in [3.63, 3.8) is 0 Å². The molecule has 7 heteroatoms. The Morgan fingerprint density at radius 2 is 2.00 bits per heavy atom. The van der Waals surface area contributed by atoms with Crippen LogP contribution in [0, 0.1) is 6.92 Å². The van der Waals surface area contributed by atoms with Crippen LogP contribution in [-0.4, -0.2) is 40.6 Å². The topological polar surface area (TPSA) is 84.5 Å². The Morgan fingerprint density at radius 3 is 2.64 bits per heavy atom. The third-order valence-corrected chi connectivity index (χ3v) is 4.60. The molecule has 0 aliphatic carbocycles. The van der Waals surface area contributed by atoms with Crippen LogP contribution in [0.15, 0.2) is 23.1 Å². The van der Waals surface area contributed by atoms with Crippen LogP contribution in [0.2, 0.25) is 0 Å². The summed E-state index contributed by atoms with van der Waals surface area (Å²) in [7, 11) is -3.57. The molecule has 0 aliphatic heterocycles. The van der Waals surface area contributed by atoms with Crippen molar-refractivity contribution < 1.29 is 17.9 Å². The Morgan fingerprint density at radius 1 is 1.27 bits per heavy atom. The third-order valence-electron chi connectivity index (χ3n) is 3.05. The number of aryl methyl sites for hydroxylation is 1. The second-order valence-electron chi connectivity index (χ2n) is 4.78. The van der Waals surface area contributed by atoms with Crippen LogP contribution in [-0.2, 0) is 14.8 Å². The number of sulfonamides is 1. The van der Waals surface area contributed by atoms with Gasteiger partial charge in [0, 0.05) is 31.9 Å². The van der Waals surface area contributed by atoms with Crippen LogP contribution in [0.5, 0.6) is 0 Å². The summed E-state index contributed by atoms with van der Waals surface area (Å²) in [5, 5.41) is 2.78. The highest BCUT2D eigenvalue weighted by atomic mass is 32.2. The lowest BCUT2D eigenvalue weighted by Crippen LogP contribution is -2.27. The zero-order valence-electron chi connectivity index (χ0n) is 13.3. The van der Waals surface area contributed by atoms with Crippen molar-refractivity contribution in [1.29, 1.82) is 0 Å². The first-order chi connectivity index (χ1) is 10.4. The molecule has 0 atom stereocenters. The van der Waals surface area contributed by atoms with Crippen molar-refractivity contribution in [3.8, 4) is 0 Å². The maximum atomic E-state index is 12.2. The van der Waals surface area contributed by atoms with E-state index in [0.29, 0.717) is 38.3 Å². The second-order valence-corrected chi connectivity index (χ2v) is 6.55. The van der Waals surface area contributed by atoms with Gasteiger partial charge in [-0.3, -0.25) is 4.79 Å². The predicted octanol–water partition coefficient (Wildman–Crippen LogP) is 1.45. The number of carbonyl (C=O) groups excluding carboxylic acids is 1. The van der Waals surface area contributed by atoms with E-state index in [1.807, 2.05) is 6.92 Å². The van der Waals surface area contributed by atoms with E-state index >= 15 is 0 Å². The molecule has 0 unspecified atom stereocenters. The van der Waals surface area contributed by atoms with Crippen LogP contribution in [0.25, 0.3) is 0 Å². The number of rotatable bonds is 9. The summed E-state index contributed by atoms with van der Waals surface area (Å²) < 4.78 is 31.6. The molecule has 0 aliphatic rings. The standard InChI is InChI=1S/C15H24N2O4S/c1-4-17-22(19,20)13-8-7-12(3)14(11-13)15(18)16-9-6-10-21-5-2/h7-8,11,17H,4-6,9-10H2,1-3H3,(H,16,18). The molecule has 22 heavy (non-hydrogen) atoms. The van der Waals surface area contributed by atoms with Crippen LogP contribution < -0.4 is 10.0 Å². The van der Waals surface area contributed by atoms with E-state index in [-0.39, 0.29) is 10.8 Å². The summed E-state index contributed by atoms with van der Waals surface area (Å²) in [6, 6.07) is 4.55. The normalized spacial score (nSPS) is 11.4. The fraction of sp³-hybridized carbons (Fsp3) is 0.533. The Balaban J connectivity index is 2.79. The summed E-state index contributed by atoms with van der Waals surface area (Å²) >= 11 is 0. The molecule has 1 aromatic carbocycles. The fourth-order valence-electron chi connectivity index (χ4n) is 1.90. The zero-order chi connectivity index (χ0) is 16.6. The molecule has 2 N–H and O–H groups in total. The number of nitrogens with one attached hydrogen (secondary N) is 2. The molecular weight excluding hydrogens is 304 g/mol. The summed E-state index contributed by atoms with van der Waals surface area (Å²) in [5.74, 6) is -0.275. The number of benzene rings is 1. The van der Waals surface area contributed by atoms with Crippen molar-refractivity contribution in [2.45, 2.75) is 32.1 Å². The smallest absolute Gasteiger partial charge is 0.251 e. The van der Waals surface area contributed by atoms with Crippen molar-refractivity contribution >= 4 is 15.9 Å². The number of hydrogen-bond acceptors (Lipinski definition) is 4. The first kappa shape index (κ1) is 18.6. The van der Waals surface area contributed by atoms with Crippen molar-refractivity contribution in [1.82, 2.24) is 10.0 Å². The minimum Gasteiger partial charge on any atom is -0.382 e. The summed E-state index contributed by atoms with van der Waals surface area (Å²) in [6.07, 6.45) is 0.716. The van der Waals surface area contributed by atoms with E-state index in [1.54, 1.807) is 19.9 Å². The summed E-state index contributed by atoms with van der Waals surface area (Å²) in [4.78, 5) is 12.3. The molecule has 0 radical (unpaired) electrons. The average molecular weight is 328 g/mol. The Kier molecular flexibility index (Phi) is 7.50. The van der Waals surface area contributed by atoms with Gasteiger partial charge in [-0.05, 0) is 38.0 Å². The lowest BCUT2D eigenvalue weighted by atomic mass is 10.1. The minimum absolute atomic E-state index is 0.0967. The maximum absolute atomic E-state index is 12.2. The van der Waals surface area contributed by atoms with E-state index < -0.39 is 10.0 Å². The van der Waals surface area contributed by atoms with Gasteiger partial charge in [-0.2, -0.15) is 0 Å². The molecule has 0 saturated carbocycles. The maximum Gasteiger partial charge on any atom is 0.251 e. The molecular formula is C15H24N2O4S. The van der Waals surface area contributed by atoms with E-state index in [1.165, 1.54) is 12.1 Å². The fourth-order valence-corrected chi connectivity index (χ4v) is 2.97. The van der Waals surface area contributed by atoms with E-state index in [4.69, 9.17) is 4.74 Å². The minimum atomic E-state index is -3.57. The molecule has 6 nitrogen and oxygen atoms in total. The molecule has 0 bridgehead atoms. The molecule has 0 aromatic heterocycles. The quantitative estimate of drug-likeness (QED) is 0.672. The number of carbonyl (C=O) groups is 1. The van der Waals surface area contributed by atoms with Crippen LogP contribution >= 0.6 is 0 Å². The molecule has 1 aromatic rings. The summed E-state index contributed by atoms with van der Waals surface area (Å²) in [6.45, 7) is 7.42. The van der Waals surface area contributed by atoms with Crippen molar-refractivity contribution in [2.75, 3.05) is 26.3 Å². The zero-order valence-corrected chi connectivity index (χ0v) is 14.1. The van der Waals surface area contributed by atoms with E-state index in [2.05, 4.69) is 10.0 Å². The highest BCUT2D eigenvalue weighted by molar-refractivity contribution is 7.89. The van der Waals surface area contributed by atoms with Gasteiger partial charge >= 0.3 is 0 Å². The highest BCUT2D eigenvalue weighted by Gasteiger charge is 2.16. The first-order valence-corrected chi connectivity index (χ1v) is 8.87. The van der Waals surface area contributed by atoms with Gasteiger partial charge in [0.1, 0.15) is 0 Å². The van der Waals surface area contributed by atoms with Gasteiger partial charge in [-0.1, -0.05) is 13.0 Å². The largest absolute Gasteiger partial charge is 0.382 e. The van der Waals surface area contributed by atoms with Crippen molar-refractivity contribution in [2.24, 2.45) is 0 Å². The summed E-state index contributed by atoms with van der Waals surface area (Å²) in [5.41, 5.74) is 1.10. The van der Waals surface area contributed by atoms with E-state index in [0.717, 1.165) is 5.56 Å². The van der Waals surface area contributed by atoms with Gasteiger partial charge in [0.05, 0.1) is 4.90 Å². The van der Waals surface area contributed by atoms with Crippen LogP contribution in [0.4, 0.5) is 0 Å². The average Bonchev–Trinajstić information content (AvgIpc) is 2.47. The van der Waals surface area contributed by atoms with Crippen LogP contribution in [0.3, 0.4) is 0 Å². The Hall–Kier alpha value is -1.44. The molecule has 1 amide bonds. The highest BCUT2D eigenvalue weighted by Crippen LogP contribution is 2.15. The second kappa shape index (κ2) is 8.87. The van der Waals surface area contributed by atoms with Gasteiger partial charge in [0.2, 0.25) is 10.0 Å². The number of hydrogen-bond donors (Lipinski definition) is 2. The van der Waals surface area contributed by atoms with Gasteiger partial charge in [0.15, 0.2) is 0 Å². The van der Waals surface area contributed by atoms with Gasteiger partial charge in [-0.25, -0.2) is 13.1 Å². The van der Waals surface area contributed by atoms with Gasteiger partial charge in [0.25, 0.3) is 5.91 Å². The molecule has 0 spiro atoms. The van der Waals surface area contributed by atoms with Crippen LogP contribution in [0.1, 0.15) is 36.2 Å². The van der Waals surface area contributed by atoms with Gasteiger partial charge in [-0.15, -0.1) is 0 Å². The molecule has 0 heterocycles. The first-order valence-electron chi connectivity index (χ1n) is 7.38. The number of ether oxygens (including phenoxy) is 1. The number of amides is 1.